The van der Waals surface area contributed by atoms with Gasteiger partial charge < -0.3 is 10.6 Å². The topological polar surface area (TPSA) is 41.1 Å². The highest BCUT2D eigenvalue weighted by molar-refractivity contribution is 5.72. The van der Waals surface area contributed by atoms with E-state index < -0.39 is 0 Å². The summed E-state index contributed by atoms with van der Waals surface area (Å²) in [5.41, 5.74) is 0. The van der Waals surface area contributed by atoms with Crippen LogP contribution in [0.2, 0.25) is 0 Å². The number of nitrogens with one attached hydrogen (secondary N) is 2. The van der Waals surface area contributed by atoms with Crippen molar-refractivity contribution in [3.05, 3.63) is 24.6 Å². The summed E-state index contributed by atoms with van der Waals surface area (Å²) in [6.07, 6.45) is 31.4. The number of likely N-dealkylation sites (N-methyl/N-ethyl adjacent to an activating group) is 1. The maximum Gasteiger partial charge on any atom is 0.221 e. The summed E-state index contributed by atoms with van der Waals surface area (Å²) >= 11 is 0. The molecule has 1 aliphatic heterocycles. The first-order chi connectivity index (χ1) is 15.6. The van der Waals surface area contributed by atoms with Crippen LogP contribution in [0.5, 0.6) is 0 Å². The molecule has 0 aromatic heterocycles. The Hall–Kier alpha value is -1.29. The van der Waals surface area contributed by atoms with E-state index in [1.54, 1.807) is 6.92 Å². The summed E-state index contributed by atoms with van der Waals surface area (Å²) in [7, 11) is 0. The molecule has 0 fully saturated rings. The van der Waals surface area contributed by atoms with Crippen molar-refractivity contribution in [3.63, 3.8) is 0 Å². The molecule has 4 nitrogen and oxygen atoms in total. The average molecular weight is 449 g/mol. The summed E-state index contributed by atoms with van der Waals surface area (Å²) in [5, 5.41) is 6.53. The molecule has 0 aliphatic carbocycles. The Morgan fingerprint density at radius 1 is 0.906 bits per heavy atom. The van der Waals surface area contributed by atoms with Gasteiger partial charge >= 0.3 is 0 Å². The van der Waals surface area contributed by atoms with Gasteiger partial charge in [-0.1, -0.05) is 103 Å². The van der Waals surface area contributed by atoms with Gasteiger partial charge in [0, 0.05) is 13.8 Å². The van der Waals surface area contributed by atoms with E-state index >= 15 is 0 Å². The standard InChI is InChI=1S/C28H53N3O/c1-5-7-8-9-10-11-12-13-14-15-16-17-18-19-20-21-22-23-28-29-24-25-31(28,6-2)26(3)30-27(4)32/h22-26,28-29H,5-21H2,1-4H3/p+1/b23-22+. The average Bonchev–Trinajstić information content (AvgIpc) is 3.19. The molecule has 0 saturated heterocycles. The lowest BCUT2D eigenvalue weighted by atomic mass is 10.0. The number of carbonyl (C=O) groups excluding carboxylic acids is 1. The minimum Gasteiger partial charge on any atom is -0.334 e. The number of quaternary nitrogens is 1. The maximum atomic E-state index is 11.5. The van der Waals surface area contributed by atoms with Crippen LogP contribution in [0.4, 0.5) is 0 Å². The van der Waals surface area contributed by atoms with Crippen molar-refractivity contribution in [2.45, 2.75) is 143 Å². The zero-order chi connectivity index (χ0) is 23.5. The van der Waals surface area contributed by atoms with E-state index in [9.17, 15) is 4.79 Å². The highest BCUT2D eigenvalue weighted by atomic mass is 16.1. The van der Waals surface area contributed by atoms with Gasteiger partial charge in [0.25, 0.3) is 0 Å². The first-order valence-corrected chi connectivity index (χ1v) is 13.8. The molecule has 0 saturated carbocycles. The molecular weight excluding hydrogens is 394 g/mol. The monoisotopic (exact) mass is 448 g/mol. The minimum absolute atomic E-state index is 0.0317. The van der Waals surface area contributed by atoms with Crippen molar-refractivity contribution in [2.24, 2.45) is 0 Å². The van der Waals surface area contributed by atoms with Crippen molar-refractivity contribution in [1.82, 2.24) is 10.6 Å². The smallest absolute Gasteiger partial charge is 0.221 e. The highest BCUT2D eigenvalue weighted by Gasteiger charge is 2.40. The Morgan fingerprint density at radius 2 is 1.41 bits per heavy atom. The molecule has 1 rings (SSSR count). The van der Waals surface area contributed by atoms with Gasteiger partial charge in [0.2, 0.25) is 5.91 Å². The fourth-order valence-electron chi connectivity index (χ4n) is 4.95. The largest absolute Gasteiger partial charge is 0.334 e. The number of carbonyl (C=O) groups is 1. The van der Waals surface area contributed by atoms with Crippen LogP contribution in [0, 0.1) is 0 Å². The van der Waals surface area contributed by atoms with Gasteiger partial charge in [-0.15, -0.1) is 0 Å². The Bertz CT molecular complexity index is 531. The summed E-state index contributed by atoms with van der Waals surface area (Å²) in [4.78, 5) is 11.5. The lowest BCUT2D eigenvalue weighted by Crippen LogP contribution is -2.62. The van der Waals surface area contributed by atoms with E-state index in [0.29, 0.717) is 0 Å². The van der Waals surface area contributed by atoms with Gasteiger partial charge in [-0.25, -0.2) is 0 Å². The van der Waals surface area contributed by atoms with Crippen molar-refractivity contribution >= 4 is 5.91 Å². The van der Waals surface area contributed by atoms with Gasteiger partial charge in [-0.3, -0.25) is 9.28 Å². The molecule has 2 N–H and O–H groups in total. The third-order valence-electron chi connectivity index (χ3n) is 7.11. The summed E-state index contributed by atoms with van der Waals surface area (Å²) in [6, 6.07) is 0. The van der Waals surface area contributed by atoms with E-state index in [-0.39, 0.29) is 18.2 Å². The summed E-state index contributed by atoms with van der Waals surface area (Å²) in [6.45, 7) is 9.11. The molecule has 4 heteroatoms. The van der Waals surface area contributed by atoms with Crippen LogP contribution in [0.25, 0.3) is 0 Å². The first-order valence-electron chi connectivity index (χ1n) is 13.8. The lowest BCUT2D eigenvalue weighted by Gasteiger charge is -2.40. The third-order valence-corrected chi connectivity index (χ3v) is 7.11. The molecule has 0 radical (unpaired) electrons. The minimum atomic E-state index is 0.0317. The molecule has 3 atom stereocenters. The molecule has 3 unspecified atom stereocenters. The zero-order valence-electron chi connectivity index (χ0n) is 21.8. The number of allylic oxidation sites excluding steroid dienone is 1. The molecule has 0 aromatic rings. The van der Waals surface area contributed by atoms with E-state index in [0.717, 1.165) is 17.4 Å². The van der Waals surface area contributed by atoms with E-state index in [1.807, 2.05) is 6.20 Å². The Kier molecular flexibility index (Phi) is 16.3. The van der Waals surface area contributed by atoms with Gasteiger partial charge in [-0.2, -0.15) is 0 Å². The number of amides is 1. The second kappa shape index (κ2) is 18.2. The first kappa shape index (κ1) is 28.7. The lowest BCUT2D eigenvalue weighted by molar-refractivity contribution is -0.917. The van der Waals surface area contributed by atoms with E-state index in [2.05, 4.69) is 49.8 Å². The van der Waals surface area contributed by atoms with Gasteiger partial charge in [-0.05, 0) is 25.8 Å². The molecule has 0 bridgehead atoms. The van der Waals surface area contributed by atoms with Gasteiger partial charge in [0.05, 0.1) is 12.7 Å². The molecule has 32 heavy (non-hydrogen) atoms. The van der Waals surface area contributed by atoms with E-state index in [4.69, 9.17) is 0 Å². The van der Waals surface area contributed by atoms with Crippen molar-refractivity contribution in [2.75, 3.05) is 6.54 Å². The number of hydrogen-bond acceptors (Lipinski definition) is 2. The second-order valence-corrected chi connectivity index (χ2v) is 9.78. The molecule has 1 aliphatic rings. The van der Waals surface area contributed by atoms with E-state index in [1.165, 1.54) is 96.3 Å². The van der Waals surface area contributed by atoms with Crippen LogP contribution >= 0.6 is 0 Å². The summed E-state index contributed by atoms with van der Waals surface area (Å²) < 4.78 is 0.731. The van der Waals surface area contributed by atoms with Crippen molar-refractivity contribution in [1.29, 1.82) is 0 Å². The Labute approximate surface area is 199 Å². The second-order valence-electron chi connectivity index (χ2n) is 9.78. The van der Waals surface area contributed by atoms with Crippen LogP contribution in [0.3, 0.4) is 0 Å². The number of nitrogens with zero attached hydrogens (tertiary/aromatic N) is 1. The molecule has 1 amide bonds. The normalized spacial score (nSPS) is 21.2. The van der Waals surface area contributed by atoms with Crippen molar-refractivity contribution in [3.8, 4) is 0 Å². The Morgan fingerprint density at radius 3 is 1.88 bits per heavy atom. The number of unbranched alkanes of at least 4 members (excludes halogenated alkanes) is 15. The predicted octanol–water partition coefficient (Wildman–Crippen LogP) is 7.52. The Balaban J connectivity index is 2.02. The van der Waals surface area contributed by atoms with Crippen LogP contribution in [-0.4, -0.2) is 29.3 Å². The zero-order valence-corrected chi connectivity index (χ0v) is 21.8. The van der Waals surface area contributed by atoms with Crippen LogP contribution in [-0.2, 0) is 4.79 Å². The predicted molar refractivity (Wildman–Crippen MR) is 139 cm³/mol. The molecule has 186 valence electrons. The highest BCUT2D eigenvalue weighted by Crippen LogP contribution is 2.23. The molecule has 1 heterocycles. The number of rotatable bonds is 20. The molecule has 0 aromatic carbocycles. The van der Waals surface area contributed by atoms with Gasteiger partial charge in [0.15, 0.2) is 12.3 Å². The maximum absolute atomic E-state index is 11.5. The van der Waals surface area contributed by atoms with Crippen molar-refractivity contribution < 1.29 is 9.28 Å². The van der Waals surface area contributed by atoms with Crippen LogP contribution < -0.4 is 10.6 Å². The third kappa shape index (κ3) is 11.5. The number of hydrogen-bond donors (Lipinski definition) is 2. The fraction of sp³-hybridized carbons (Fsp3) is 0.821. The SMILES string of the molecule is CCCCCCCCCCCCCCCCC/C=C/C1NC=C[N+]1(CC)C(C)NC(C)=O. The fourth-order valence-corrected chi connectivity index (χ4v) is 4.95. The van der Waals surface area contributed by atoms with Gasteiger partial charge in [0.1, 0.15) is 6.20 Å². The van der Waals surface area contributed by atoms with Crippen LogP contribution in [0.15, 0.2) is 24.6 Å². The van der Waals surface area contributed by atoms with Crippen LogP contribution in [0.1, 0.15) is 130 Å². The summed E-state index contributed by atoms with van der Waals surface area (Å²) in [5.74, 6) is 0.0317. The quantitative estimate of drug-likeness (QED) is 0.115. The molecular formula is C28H54N3O+. The molecule has 0 spiro atoms.